The summed E-state index contributed by atoms with van der Waals surface area (Å²) in [5.41, 5.74) is 1.40. The molecule has 1 aromatic rings. The van der Waals surface area contributed by atoms with E-state index >= 15 is 0 Å². The van der Waals surface area contributed by atoms with Gasteiger partial charge in [-0.1, -0.05) is 36.8 Å². The van der Waals surface area contributed by atoms with Crippen molar-refractivity contribution < 1.29 is 4.84 Å². The van der Waals surface area contributed by atoms with Crippen molar-refractivity contribution in [3.63, 3.8) is 0 Å². The summed E-state index contributed by atoms with van der Waals surface area (Å²) >= 11 is 0. The summed E-state index contributed by atoms with van der Waals surface area (Å²) in [6.45, 7) is 2.91. The zero-order valence-corrected chi connectivity index (χ0v) is 12.8. The first-order valence-corrected chi connectivity index (χ1v) is 6.50. The maximum Gasteiger partial charge on any atom is 0.0694 e. The van der Waals surface area contributed by atoms with Gasteiger partial charge in [0.2, 0.25) is 0 Å². The van der Waals surface area contributed by atoms with Crippen LogP contribution in [0.25, 0.3) is 0 Å². The van der Waals surface area contributed by atoms with Crippen molar-refractivity contribution in [1.29, 1.82) is 0 Å². The zero-order chi connectivity index (χ0) is 11.9. The maximum atomic E-state index is 5.13. The average Bonchev–Trinajstić information content (AvgIpc) is 2.39. The summed E-state index contributed by atoms with van der Waals surface area (Å²) < 4.78 is 0. The van der Waals surface area contributed by atoms with E-state index in [1.54, 1.807) is 0 Å². The van der Waals surface area contributed by atoms with Gasteiger partial charge < -0.3 is 4.84 Å². The van der Waals surface area contributed by atoms with Crippen LogP contribution in [0.2, 0.25) is 0 Å². The molecule has 5 heteroatoms. The van der Waals surface area contributed by atoms with Crippen LogP contribution in [-0.2, 0) is 11.4 Å². The second kappa shape index (κ2) is 10.5. The Bertz CT molecular complexity index is 324. The number of hydrogen-bond acceptors (Lipinski definition) is 3. The van der Waals surface area contributed by atoms with Crippen molar-refractivity contribution in [3.05, 3.63) is 35.9 Å². The summed E-state index contributed by atoms with van der Waals surface area (Å²) in [6.07, 6.45) is 4.97. The van der Waals surface area contributed by atoms with Crippen LogP contribution in [0.3, 0.4) is 0 Å². The molecule has 1 aliphatic heterocycles. The Balaban J connectivity index is 0.00000162. The molecule has 3 nitrogen and oxygen atoms in total. The van der Waals surface area contributed by atoms with Gasteiger partial charge in [-0.25, -0.2) is 5.90 Å². The number of piperidine rings is 1. The van der Waals surface area contributed by atoms with Crippen molar-refractivity contribution in [2.45, 2.75) is 38.3 Å². The molecular formula is C14H24Cl2N2O. The van der Waals surface area contributed by atoms with E-state index in [2.05, 4.69) is 35.2 Å². The third kappa shape index (κ3) is 6.11. The Morgan fingerprint density at radius 1 is 1.16 bits per heavy atom. The van der Waals surface area contributed by atoms with E-state index in [9.17, 15) is 0 Å². The van der Waals surface area contributed by atoms with Gasteiger partial charge in [0.05, 0.1) is 6.61 Å². The minimum Gasteiger partial charge on any atom is -0.305 e. The van der Waals surface area contributed by atoms with Gasteiger partial charge in [-0.05, 0) is 31.4 Å². The minimum absolute atomic E-state index is 0. The fourth-order valence-electron chi connectivity index (χ4n) is 2.62. The Labute approximate surface area is 128 Å². The number of nitrogens with two attached hydrogens (primary N) is 1. The summed E-state index contributed by atoms with van der Waals surface area (Å²) in [6, 6.07) is 11.3. The molecule has 1 aliphatic rings. The Morgan fingerprint density at radius 2 is 1.89 bits per heavy atom. The maximum absolute atomic E-state index is 5.13. The van der Waals surface area contributed by atoms with Crippen LogP contribution in [0.15, 0.2) is 30.3 Å². The number of halogens is 2. The second-order valence-electron chi connectivity index (χ2n) is 4.77. The van der Waals surface area contributed by atoms with Gasteiger partial charge in [0, 0.05) is 12.6 Å². The Morgan fingerprint density at radius 3 is 2.58 bits per heavy atom. The van der Waals surface area contributed by atoms with Crippen molar-refractivity contribution >= 4 is 24.8 Å². The first kappa shape index (κ1) is 18.7. The molecule has 1 fully saturated rings. The summed E-state index contributed by atoms with van der Waals surface area (Å²) in [5, 5.41) is 0. The molecule has 2 rings (SSSR count). The zero-order valence-electron chi connectivity index (χ0n) is 11.2. The molecule has 0 amide bonds. The monoisotopic (exact) mass is 306 g/mol. The minimum atomic E-state index is 0. The van der Waals surface area contributed by atoms with Crippen molar-refractivity contribution in [2.24, 2.45) is 5.90 Å². The van der Waals surface area contributed by atoms with E-state index in [0.717, 1.165) is 13.0 Å². The van der Waals surface area contributed by atoms with E-state index in [1.807, 2.05) is 0 Å². The van der Waals surface area contributed by atoms with Gasteiger partial charge in [0.1, 0.15) is 0 Å². The normalized spacial score (nSPS) is 19.3. The van der Waals surface area contributed by atoms with Gasteiger partial charge in [0.25, 0.3) is 0 Å². The first-order chi connectivity index (χ1) is 8.40. The molecule has 0 aromatic heterocycles. The number of hydrogen-bond donors (Lipinski definition) is 1. The summed E-state index contributed by atoms with van der Waals surface area (Å²) in [4.78, 5) is 7.28. The largest absolute Gasteiger partial charge is 0.305 e. The van der Waals surface area contributed by atoms with Gasteiger partial charge in [-0.2, -0.15) is 0 Å². The highest BCUT2D eigenvalue weighted by Crippen LogP contribution is 2.21. The van der Waals surface area contributed by atoms with Crippen LogP contribution in [0.4, 0.5) is 0 Å². The fourth-order valence-corrected chi connectivity index (χ4v) is 2.62. The third-order valence-electron chi connectivity index (χ3n) is 3.55. The number of nitrogens with zero attached hydrogens (tertiary/aromatic N) is 1. The van der Waals surface area contributed by atoms with Gasteiger partial charge in [-0.3, -0.25) is 4.90 Å². The standard InChI is InChI=1S/C14H22N2O.2ClH/c15-17-11-9-14-8-4-5-10-16(14)12-13-6-2-1-3-7-13;;/h1-3,6-7,14H,4-5,8-12,15H2;2*1H. The highest BCUT2D eigenvalue weighted by Gasteiger charge is 2.21. The highest BCUT2D eigenvalue weighted by atomic mass is 35.5. The third-order valence-corrected chi connectivity index (χ3v) is 3.55. The lowest BCUT2D eigenvalue weighted by molar-refractivity contribution is 0.0769. The second-order valence-corrected chi connectivity index (χ2v) is 4.77. The lowest BCUT2D eigenvalue weighted by atomic mass is 9.99. The Hall–Kier alpha value is -0.320. The van der Waals surface area contributed by atoms with E-state index in [1.165, 1.54) is 31.4 Å². The molecule has 1 aromatic carbocycles. The van der Waals surface area contributed by atoms with Gasteiger partial charge >= 0.3 is 0 Å². The molecule has 19 heavy (non-hydrogen) atoms. The van der Waals surface area contributed by atoms with Crippen molar-refractivity contribution in [1.82, 2.24) is 4.90 Å². The molecule has 0 spiro atoms. The molecule has 1 unspecified atom stereocenters. The number of rotatable bonds is 5. The summed E-state index contributed by atoms with van der Waals surface area (Å²) in [5.74, 6) is 5.13. The van der Waals surface area contributed by atoms with Gasteiger partial charge in [-0.15, -0.1) is 24.8 Å². The van der Waals surface area contributed by atoms with Gasteiger partial charge in [0.15, 0.2) is 0 Å². The molecule has 1 heterocycles. The lowest BCUT2D eigenvalue weighted by Gasteiger charge is -2.35. The van der Waals surface area contributed by atoms with Crippen LogP contribution >= 0.6 is 24.8 Å². The van der Waals surface area contributed by atoms with E-state index in [-0.39, 0.29) is 24.8 Å². The predicted molar refractivity (Wildman–Crippen MR) is 83.7 cm³/mol. The SMILES string of the molecule is Cl.Cl.NOCCC1CCCCN1Cc1ccccc1. The molecule has 0 radical (unpaired) electrons. The van der Waals surface area contributed by atoms with Crippen LogP contribution in [0, 0.1) is 0 Å². The van der Waals surface area contributed by atoms with E-state index in [4.69, 9.17) is 10.7 Å². The molecule has 0 saturated carbocycles. The van der Waals surface area contributed by atoms with Crippen LogP contribution in [0.1, 0.15) is 31.2 Å². The molecule has 1 atom stereocenters. The average molecular weight is 307 g/mol. The fraction of sp³-hybridized carbons (Fsp3) is 0.571. The molecule has 0 aliphatic carbocycles. The van der Waals surface area contributed by atoms with Crippen LogP contribution in [-0.4, -0.2) is 24.1 Å². The van der Waals surface area contributed by atoms with Crippen molar-refractivity contribution in [2.75, 3.05) is 13.2 Å². The van der Waals surface area contributed by atoms with Crippen LogP contribution in [0.5, 0.6) is 0 Å². The lowest BCUT2D eigenvalue weighted by Crippen LogP contribution is -2.39. The highest BCUT2D eigenvalue weighted by molar-refractivity contribution is 5.85. The molecule has 0 bridgehead atoms. The van der Waals surface area contributed by atoms with E-state index < -0.39 is 0 Å². The first-order valence-electron chi connectivity index (χ1n) is 6.50. The number of benzene rings is 1. The molecule has 2 N–H and O–H groups in total. The summed E-state index contributed by atoms with van der Waals surface area (Å²) in [7, 11) is 0. The van der Waals surface area contributed by atoms with E-state index in [0.29, 0.717) is 12.6 Å². The predicted octanol–water partition coefficient (Wildman–Crippen LogP) is 3.17. The molecular weight excluding hydrogens is 283 g/mol. The number of likely N-dealkylation sites (tertiary alicyclic amines) is 1. The molecule has 110 valence electrons. The van der Waals surface area contributed by atoms with Crippen LogP contribution < -0.4 is 5.90 Å². The topological polar surface area (TPSA) is 38.5 Å². The molecule has 1 saturated heterocycles. The van der Waals surface area contributed by atoms with Crippen molar-refractivity contribution in [3.8, 4) is 0 Å². The Kier molecular flexibility index (Phi) is 10.3. The smallest absolute Gasteiger partial charge is 0.0694 e. The quantitative estimate of drug-likeness (QED) is 0.849.